The van der Waals surface area contributed by atoms with Crippen molar-refractivity contribution in [3.8, 4) is 0 Å². The van der Waals surface area contributed by atoms with Crippen molar-refractivity contribution in [2.24, 2.45) is 5.10 Å². The molecule has 0 unspecified atom stereocenters. The molecule has 1 amide bonds. The van der Waals surface area contributed by atoms with Gasteiger partial charge >= 0.3 is 0 Å². The van der Waals surface area contributed by atoms with Crippen LogP contribution in [0.1, 0.15) is 18.1 Å². The number of carbonyl (C=O) groups is 1. The van der Waals surface area contributed by atoms with E-state index in [0.29, 0.717) is 16.4 Å². The Labute approximate surface area is 201 Å². The zero-order chi connectivity index (χ0) is 23.3. The lowest BCUT2D eigenvalue weighted by atomic mass is 10.1. The zero-order valence-corrected chi connectivity index (χ0v) is 20.6. The number of aryl methyl sites for hydroxylation is 1. The Kier molecular flexibility index (Phi) is 7.71. The van der Waals surface area contributed by atoms with Gasteiger partial charge in [-0.3, -0.25) is 9.10 Å². The molecule has 166 valence electrons. The summed E-state index contributed by atoms with van der Waals surface area (Å²) in [6.07, 6.45) is 0. The topological polar surface area (TPSA) is 78.8 Å². The van der Waals surface area contributed by atoms with E-state index in [-0.39, 0.29) is 4.90 Å². The highest BCUT2D eigenvalue weighted by Gasteiger charge is 2.27. The van der Waals surface area contributed by atoms with Gasteiger partial charge < -0.3 is 0 Å². The van der Waals surface area contributed by atoms with Gasteiger partial charge in [0.25, 0.3) is 15.9 Å². The van der Waals surface area contributed by atoms with E-state index in [1.807, 2.05) is 31.2 Å². The van der Waals surface area contributed by atoms with E-state index < -0.39 is 22.5 Å². The van der Waals surface area contributed by atoms with Crippen LogP contribution in [0.3, 0.4) is 0 Å². The van der Waals surface area contributed by atoms with Gasteiger partial charge in [-0.2, -0.15) is 5.10 Å². The number of anilines is 1. The van der Waals surface area contributed by atoms with Gasteiger partial charge in [0.05, 0.1) is 16.3 Å². The lowest BCUT2D eigenvalue weighted by Crippen LogP contribution is -2.39. The largest absolute Gasteiger partial charge is 0.271 e. The fourth-order valence-corrected chi connectivity index (χ4v) is 4.80. The van der Waals surface area contributed by atoms with Gasteiger partial charge in [0.2, 0.25) is 0 Å². The fourth-order valence-electron chi connectivity index (χ4n) is 2.85. The Morgan fingerprint density at radius 3 is 2.34 bits per heavy atom. The van der Waals surface area contributed by atoms with Gasteiger partial charge in [-0.05, 0) is 67.9 Å². The predicted octanol–water partition coefficient (Wildman–Crippen LogP) is 5.15. The number of rotatable bonds is 7. The number of benzene rings is 3. The second kappa shape index (κ2) is 10.3. The Bertz CT molecular complexity index is 1240. The van der Waals surface area contributed by atoms with Gasteiger partial charge in [0, 0.05) is 9.50 Å². The van der Waals surface area contributed by atoms with Crippen molar-refractivity contribution in [1.82, 2.24) is 5.43 Å². The molecule has 0 fully saturated rings. The number of sulfonamides is 1. The number of nitrogens with one attached hydrogen (secondary N) is 1. The van der Waals surface area contributed by atoms with E-state index in [0.717, 1.165) is 19.9 Å². The molecule has 3 aromatic rings. The highest BCUT2D eigenvalue weighted by atomic mass is 79.9. The molecule has 1 N–H and O–H groups in total. The molecule has 0 spiro atoms. The van der Waals surface area contributed by atoms with Crippen molar-refractivity contribution >= 4 is 54.9 Å². The third-order valence-corrected chi connectivity index (χ3v) is 7.13. The van der Waals surface area contributed by atoms with Crippen molar-refractivity contribution < 1.29 is 13.2 Å². The summed E-state index contributed by atoms with van der Waals surface area (Å²) in [6, 6.07) is 20.2. The van der Waals surface area contributed by atoms with Crippen LogP contribution in [0.5, 0.6) is 0 Å². The molecule has 3 aromatic carbocycles. The minimum absolute atomic E-state index is 0.0316. The smallest absolute Gasteiger partial charge is 0.264 e. The molecule has 0 saturated heterocycles. The second-order valence-corrected chi connectivity index (χ2v) is 10.3. The normalized spacial score (nSPS) is 11.8. The molecule has 0 aromatic heterocycles. The van der Waals surface area contributed by atoms with Crippen LogP contribution in [0, 0.1) is 6.92 Å². The van der Waals surface area contributed by atoms with Crippen molar-refractivity contribution in [3.63, 3.8) is 0 Å². The zero-order valence-electron chi connectivity index (χ0n) is 17.4. The Morgan fingerprint density at radius 2 is 1.72 bits per heavy atom. The van der Waals surface area contributed by atoms with Crippen LogP contribution in [-0.4, -0.2) is 26.6 Å². The lowest BCUT2D eigenvalue weighted by Gasteiger charge is -2.24. The maximum Gasteiger partial charge on any atom is 0.264 e. The summed E-state index contributed by atoms with van der Waals surface area (Å²) in [5, 5.41) is 4.54. The number of halogens is 2. The third kappa shape index (κ3) is 5.97. The van der Waals surface area contributed by atoms with Gasteiger partial charge in [-0.25, -0.2) is 13.8 Å². The molecule has 0 aliphatic rings. The maximum atomic E-state index is 13.3. The standard InChI is InChI=1S/C23H21BrClN3O3S/c1-16-6-10-21(11-7-16)28(32(30,31)22-12-8-20(25)9-13-22)15-23(29)27-26-17(2)18-4-3-5-19(24)14-18/h3-14H,15H2,1-2H3,(H,27,29)/b26-17-. The summed E-state index contributed by atoms with van der Waals surface area (Å²) in [6.45, 7) is 3.21. The van der Waals surface area contributed by atoms with Gasteiger partial charge in [-0.15, -0.1) is 0 Å². The first kappa shape index (κ1) is 24.0. The number of hydrazone groups is 1. The average molecular weight is 535 g/mol. The molecule has 0 heterocycles. The van der Waals surface area contributed by atoms with Crippen LogP contribution in [-0.2, 0) is 14.8 Å². The van der Waals surface area contributed by atoms with Crippen molar-refractivity contribution in [2.75, 3.05) is 10.8 Å². The summed E-state index contributed by atoms with van der Waals surface area (Å²) in [5.41, 5.74) is 5.20. The monoisotopic (exact) mass is 533 g/mol. The molecule has 0 atom stereocenters. The summed E-state index contributed by atoms with van der Waals surface area (Å²) in [5.74, 6) is -0.572. The highest BCUT2D eigenvalue weighted by molar-refractivity contribution is 9.10. The number of amides is 1. The van der Waals surface area contributed by atoms with E-state index in [4.69, 9.17) is 11.6 Å². The van der Waals surface area contributed by atoms with Crippen LogP contribution < -0.4 is 9.73 Å². The van der Waals surface area contributed by atoms with Crippen LogP contribution in [0.4, 0.5) is 5.69 Å². The number of hydrogen-bond acceptors (Lipinski definition) is 4. The predicted molar refractivity (Wildman–Crippen MR) is 132 cm³/mol. The average Bonchev–Trinajstić information content (AvgIpc) is 2.77. The van der Waals surface area contributed by atoms with E-state index in [1.54, 1.807) is 31.2 Å². The quantitative estimate of drug-likeness (QED) is 0.336. The minimum atomic E-state index is -4.02. The number of hydrogen-bond donors (Lipinski definition) is 1. The van der Waals surface area contributed by atoms with Gasteiger partial charge in [-0.1, -0.05) is 57.4 Å². The molecule has 3 rings (SSSR count). The van der Waals surface area contributed by atoms with E-state index in [1.165, 1.54) is 24.3 Å². The first-order valence-corrected chi connectivity index (χ1v) is 12.2. The van der Waals surface area contributed by atoms with Crippen molar-refractivity contribution in [3.05, 3.63) is 93.4 Å². The van der Waals surface area contributed by atoms with Crippen molar-refractivity contribution in [2.45, 2.75) is 18.7 Å². The SMILES string of the molecule is C/C(=N/NC(=O)CN(c1ccc(C)cc1)S(=O)(=O)c1ccc(Cl)cc1)c1cccc(Br)c1. The fraction of sp³-hybridized carbons (Fsp3) is 0.130. The molecule has 0 saturated carbocycles. The molecule has 0 radical (unpaired) electrons. The summed E-state index contributed by atoms with van der Waals surface area (Å²) < 4.78 is 28.6. The molecule has 0 aliphatic heterocycles. The Morgan fingerprint density at radius 1 is 1.06 bits per heavy atom. The van der Waals surface area contributed by atoms with Crippen molar-refractivity contribution in [1.29, 1.82) is 0 Å². The maximum absolute atomic E-state index is 13.3. The molecule has 0 aliphatic carbocycles. The van der Waals surface area contributed by atoms with Gasteiger partial charge in [0.1, 0.15) is 6.54 Å². The highest BCUT2D eigenvalue weighted by Crippen LogP contribution is 2.25. The summed E-state index contributed by atoms with van der Waals surface area (Å²) in [4.78, 5) is 12.7. The molecule has 6 nitrogen and oxygen atoms in total. The van der Waals surface area contributed by atoms with Gasteiger partial charge in [0.15, 0.2) is 0 Å². The minimum Gasteiger partial charge on any atom is -0.271 e. The molecule has 9 heteroatoms. The van der Waals surface area contributed by atoms with Crippen LogP contribution in [0.25, 0.3) is 0 Å². The first-order chi connectivity index (χ1) is 15.2. The van der Waals surface area contributed by atoms with Crippen LogP contribution in [0.2, 0.25) is 5.02 Å². The number of carbonyl (C=O) groups excluding carboxylic acids is 1. The molecular weight excluding hydrogens is 514 g/mol. The Hall–Kier alpha value is -2.68. The summed E-state index contributed by atoms with van der Waals surface area (Å²) >= 11 is 9.30. The molecule has 0 bridgehead atoms. The second-order valence-electron chi connectivity index (χ2n) is 7.04. The van der Waals surface area contributed by atoms with Crippen LogP contribution in [0.15, 0.2) is 87.3 Å². The lowest BCUT2D eigenvalue weighted by molar-refractivity contribution is -0.119. The van der Waals surface area contributed by atoms with E-state index >= 15 is 0 Å². The first-order valence-electron chi connectivity index (χ1n) is 9.61. The molecular formula is C23H21BrClN3O3S. The van der Waals surface area contributed by atoms with E-state index in [9.17, 15) is 13.2 Å². The summed E-state index contributed by atoms with van der Waals surface area (Å²) in [7, 11) is -4.02. The third-order valence-electron chi connectivity index (χ3n) is 4.60. The molecule has 32 heavy (non-hydrogen) atoms. The number of nitrogens with zero attached hydrogens (tertiary/aromatic N) is 2. The Balaban J connectivity index is 1.87. The van der Waals surface area contributed by atoms with E-state index in [2.05, 4.69) is 26.5 Å². The van der Waals surface area contributed by atoms with Crippen LogP contribution >= 0.6 is 27.5 Å².